The lowest BCUT2D eigenvalue weighted by molar-refractivity contribution is 0.0943. The van der Waals surface area contributed by atoms with Gasteiger partial charge in [0.15, 0.2) is 11.5 Å². The first-order valence-electron chi connectivity index (χ1n) is 7.71. The number of hydrogen-bond acceptors (Lipinski definition) is 6. The number of aromatic nitrogens is 3. The van der Waals surface area contributed by atoms with Crippen LogP contribution in [0.4, 0.5) is 6.01 Å². The first-order valence-corrected chi connectivity index (χ1v) is 7.71. The van der Waals surface area contributed by atoms with E-state index in [-0.39, 0.29) is 24.0 Å². The second-order valence-electron chi connectivity index (χ2n) is 5.35. The summed E-state index contributed by atoms with van der Waals surface area (Å²) in [6, 6.07) is 10.6. The molecule has 26 heavy (non-hydrogen) atoms. The van der Waals surface area contributed by atoms with Crippen LogP contribution in [-0.2, 0) is 6.54 Å². The lowest BCUT2D eigenvalue weighted by Gasteiger charge is -1.99. The molecule has 0 saturated carbocycles. The summed E-state index contributed by atoms with van der Waals surface area (Å²) in [6.45, 7) is 0.203. The van der Waals surface area contributed by atoms with Crippen molar-refractivity contribution in [2.45, 2.75) is 6.54 Å². The van der Waals surface area contributed by atoms with Gasteiger partial charge in [0.2, 0.25) is 0 Å². The van der Waals surface area contributed by atoms with Crippen LogP contribution in [-0.4, -0.2) is 26.8 Å². The Morgan fingerprint density at radius 1 is 1.04 bits per heavy atom. The van der Waals surface area contributed by atoms with Gasteiger partial charge in [-0.1, -0.05) is 12.1 Å². The van der Waals surface area contributed by atoms with Crippen molar-refractivity contribution in [3.8, 4) is 0 Å². The highest BCUT2D eigenvalue weighted by Gasteiger charge is 2.16. The van der Waals surface area contributed by atoms with Crippen molar-refractivity contribution in [2.75, 3.05) is 5.32 Å². The number of carbonyl (C=O) groups is 2. The minimum Gasteiger partial charge on any atom is -0.459 e. The predicted molar refractivity (Wildman–Crippen MR) is 90.4 cm³/mol. The van der Waals surface area contributed by atoms with Crippen LogP contribution in [0.15, 0.2) is 57.8 Å². The Balaban J connectivity index is 1.37. The van der Waals surface area contributed by atoms with Crippen LogP contribution in [0, 0.1) is 0 Å². The molecule has 0 atom stereocenters. The van der Waals surface area contributed by atoms with Gasteiger partial charge in [0.25, 0.3) is 11.8 Å². The molecule has 0 spiro atoms. The number of rotatable bonds is 5. The number of nitrogens with one attached hydrogen (secondary N) is 3. The molecule has 0 fully saturated rings. The number of H-pyrrole nitrogens is 1. The van der Waals surface area contributed by atoms with E-state index in [1.807, 2.05) is 24.3 Å². The van der Waals surface area contributed by atoms with Crippen LogP contribution in [0.1, 0.15) is 26.9 Å². The molecule has 4 aromatic rings. The van der Waals surface area contributed by atoms with Crippen LogP contribution >= 0.6 is 0 Å². The Morgan fingerprint density at radius 2 is 1.92 bits per heavy atom. The van der Waals surface area contributed by atoms with E-state index < -0.39 is 11.8 Å². The van der Waals surface area contributed by atoms with Crippen LogP contribution < -0.4 is 10.6 Å². The highest BCUT2D eigenvalue weighted by Crippen LogP contribution is 2.12. The lowest BCUT2D eigenvalue weighted by atomic mass is 10.3. The predicted octanol–water partition coefficient (Wildman–Crippen LogP) is 2.33. The number of oxazole rings is 1. The molecule has 130 valence electrons. The zero-order chi connectivity index (χ0) is 17.9. The van der Waals surface area contributed by atoms with Gasteiger partial charge in [0, 0.05) is 0 Å². The first kappa shape index (κ1) is 15.6. The van der Waals surface area contributed by atoms with E-state index in [0.717, 1.165) is 17.3 Å². The van der Waals surface area contributed by atoms with Crippen molar-refractivity contribution in [3.05, 3.63) is 66.2 Å². The highest BCUT2D eigenvalue weighted by molar-refractivity contribution is 6.01. The summed E-state index contributed by atoms with van der Waals surface area (Å²) < 4.78 is 10.0. The molecular formula is C17H13N5O4. The molecule has 3 N–H and O–H groups in total. The maximum absolute atomic E-state index is 12.2. The molecule has 3 aromatic heterocycles. The largest absolute Gasteiger partial charge is 0.459 e. The average molecular weight is 351 g/mol. The van der Waals surface area contributed by atoms with Crippen molar-refractivity contribution in [1.82, 2.24) is 20.3 Å². The van der Waals surface area contributed by atoms with Gasteiger partial charge < -0.3 is 19.1 Å². The van der Waals surface area contributed by atoms with E-state index in [0.29, 0.717) is 5.82 Å². The zero-order valence-electron chi connectivity index (χ0n) is 13.4. The van der Waals surface area contributed by atoms with Gasteiger partial charge in [0.1, 0.15) is 12.1 Å². The average Bonchev–Trinajstić information content (AvgIpc) is 3.38. The van der Waals surface area contributed by atoms with Crippen molar-refractivity contribution >= 4 is 28.9 Å². The molecule has 0 radical (unpaired) electrons. The fourth-order valence-corrected chi connectivity index (χ4v) is 2.35. The number of imidazole rings is 1. The minimum absolute atomic E-state index is 0.0378. The van der Waals surface area contributed by atoms with E-state index in [1.165, 1.54) is 12.3 Å². The van der Waals surface area contributed by atoms with Crippen LogP contribution in [0.5, 0.6) is 0 Å². The van der Waals surface area contributed by atoms with Crippen molar-refractivity contribution in [1.29, 1.82) is 0 Å². The minimum atomic E-state index is -0.522. The normalized spacial score (nSPS) is 10.8. The number of nitrogens with zero attached hydrogens (tertiary/aromatic N) is 2. The molecule has 1 aromatic carbocycles. The number of hydrogen-bond donors (Lipinski definition) is 3. The van der Waals surface area contributed by atoms with Gasteiger partial charge in [-0.05, 0) is 24.3 Å². The van der Waals surface area contributed by atoms with Crippen LogP contribution in [0.3, 0.4) is 0 Å². The second kappa shape index (κ2) is 6.55. The number of carbonyl (C=O) groups excluding carboxylic acids is 2. The molecule has 0 aliphatic carbocycles. The third kappa shape index (κ3) is 3.18. The van der Waals surface area contributed by atoms with Gasteiger partial charge in [0.05, 0.1) is 23.8 Å². The smallest absolute Gasteiger partial charge is 0.302 e. The zero-order valence-corrected chi connectivity index (χ0v) is 13.4. The third-order valence-corrected chi connectivity index (χ3v) is 3.56. The van der Waals surface area contributed by atoms with Gasteiger partial charge in [-0.15, -0.1) is 0 Å². The Morgan fingerprint density at radius 3 is 2.73 bits per heavy atom. The van der Waals surface area contributed by atoms with Crippen molar-refractivity contribution in [2.24, 2.45) is 0 Å². The van der Waals surface area contributed by atoms with Gasteiger partial charge in [-0.2, -0.15) is 4.98 Å². The Hall–Kier alpha value is -3.88. The Kier molecular flexibility index (Phi) is 3.94. The van der Waals surface area contributed by atoms with Crippen LogP contribution in [0.2, 0.25) is 0 Å². The maximum Gasteiger partial charge on any atom is 0.302 e. The summed E-state index contributed by atoms with van der Waals surface area (Å²) in [5, 5.41) is 5.09. The molecule has 0 aliphatic rings. The molecular weight excluding hydrogens is 338 g/mol. The number of furan rings is 1. The summed E-state index contributed by atoms with van der Waals surface area (Å²) in [6.07, 6.45) is 2.53. The molecule has 0 aliphatic heterocycles. The number of fused-ring (bicyclic) bond motifs is 1. The summed E-state index contributed by atoms with van der Waals surface area (Å²) in [5.41, 5.74) is 1.75. The Bertz CT molecular complexity index is 1030. The standard InChI is InChI=1S/C17H13N5O4/c23-15(18-8-14-19-10-4-1-2-5-11(10)20-14)12-9-26-17(21-12)22-16(24)13-6-3-7-25-13/h1-7,9H,8H2,(H,18,23)(H,19,20)(H,21,22,24). The number of amides is 2. The number of benzene rings is 1. The van der Waals surface area contributed by atoms with Crippen LogP contribution in [0.25, 0.3) is 11.0 Å². The highest BCUT2D eigenvalue weighted by atomic mass is 16.4. The monoisotopic (exact) mass is 351 g/mol. The number of anilines is 1. The SMILES string of the molecule is O=C(NCc1nc2ccccc2[nH]1)c1coc(NC(=O)c2ccco2)n1. The third-order valence-electron chi connectivity index (χ3n) is 3.56. The van der Waals surface area contributed by atoms with E-state index in [2.05, 4.69) is 25.6 Å². The molecule has 0 bridgehead atoms. The fourth-order valence-electron chi connectivity index (χ4n) is 2.35. The summed E-state index contributed by atoms with van der Waals surface area (Å²) in [4.78, 5) is 35.4. The number of para-hydroxylation sites is 2. The Labute approximate surface area is 146 Å². The topological polar surface area (TPSA) is 126 Å². The van der Waals surface area contributed by atoms with Gasteiger partial charge >= 0.3 is 6.01 Å². The van der Waals surface area contributed by atoms with E-state index in [4.69, 9.17) is 8.83 Å². The second-order valence-corrected chi connectivity index (χ2v) is 5.35. The van der Waals surface area contributed by atoms with Crippen molar-refractivity contribution in [3.63, 3.8) is 0 Å². The number of aromatic amines is 1. The molecule has 0 unspecified atom stereocenters. The van der Waals surface area contributed by atoms with E-state index in [1.54, 1.807) is 6.07 Å². The first-order chi connectivity index (χ1) is 12.7. The molecule has 9 nitrogen and oxygen atoms in total. The van der Waals surface area contributed by atoms with Crippen molar-refractivity contribution < 1.29 is 18.4 Å². The quantitative estimate of drug-likeness (QED) is 0.506. The molecule has 4 rings (SSSR count). The summed E-state index contributed by atoms with van der Waals surface area (Å²) in [7, 11) is 0. The van der Waals surface area contributed by atoms with Gasteiger partial charge in [-0.25, -0.2) is 4.98 Å². The summed E-state index contributed by atoms with van der Waals surface area (Å²) in [5.74, 6) is -0.243. The van der Waals surface area contributed by atoms with E-state index >= 15 is 0 Å². The summed E-state index contributed by atoms with van der Waals surface area (Å²) >= 11 is 0. The lowest BCUT2D eigenvalue weighted by Crippen LogP contribution is -2.23. The molecule has 9 heteroatoms. The van der Waals surface area contributed by atoms with E-state index in [9.17, 15) is 9.59 Å². The molecule has 3 heterocycles. The molecule has 0 saturated heterocycles. The molecule has 2 amide bonds. The fraction of sp³-hybridized carbons (Fsp3) is 0.0588. The maximum atomic E-state index is 12.2. The van der Waals surface area contributed by atoms with Gasteiger partial charge in [-0.3, -0.25) is 14.9 Å².